The number of carboxylic acid groups (broad SMARTS) is 1. The van der Waals surface area contributed by atoms with Crippen molar-refractivity contribution in [3.05, 3.63) is 41.9 Å². The summed E-state index contributed by atoms with van der Waals surface area (Å²) in [7, 11) is 3.07. The first-order valence-corrected chi connectivity index (χ1v) is 8.35. The zero-order valence-corrected chi connectivity index (χ0v) is 15.1. The van der Waals surface area contributed by atoms with E-state index >= 15 is 0 Å². The molecule has 9 nitrogen and oxygen atoms in total. The molecule has 0 unspecified atom stereocenters. The highest BCUT2D eigenvalue weighted by Crippen LogP contribution is 2.26. The van der Waals surface area contributed by atoms with Gasteiger partial charge < -0.3 is 24.4 Å². The van der Waals surface area contributed by atoms with E-state index in [0.29, 0.717) is 49.1 Å². The third kappa shape index (κ3) is 3.91. The molecule has 2 heterocycles. The number of carbonyl (C=O) groups excluding carboxylic acids is 1. The van der Waals surface area contributed by atoms with Gasteiger partial charge in [-0.25, -0.2) is 14.8 Å². The molecule has 142 valence electrons. The largest absolute Gasteiger partial charge is 0.497 e. The van der Waals surface area contributed by atoms with Crippen LogP contribution in [-0.4, -0.2) is 72.2 Å². The van der Waals surface area contributed by atoms with Gasteiger partial charge in [0, 0.05) is 32.2 Å². The van der Waals surface area contributed by atoms with Crippen LogP contribution < -0.4 is 14.4 Å². The number of carboxylic acids is 1. The smallest absolute Gasteiger partial charge is 0.356 e. The lowest BCUT2D eigenvalue weighted by atomic mass is 10.1. The van der Waals surface area contributed by atoms with Crippen LogP contribution in [0.2, 0.25) is 0 Å². The van der Waals surface area contributed by atoms with Crippen molar-refractivity contribution in [2.24, 2.45) is 0 Å². The minimum atomic E-state index is -1.11. The summed E-state index contributed by atoms with van der Waals surface area (Å²) < 4.78 is 10.5. The molecule has 1 amide bonds. The van der Waals surface area contributed by atoms with Crippen LogP contribution in [0.5, 0.6) is 11.5 Å². The van der Waals surface area contributed by atoms with Gasteiger partial charge in [-0.15, -0.1) is 0 Å². The Hall–Kier alpha value is -3.36. The molecule has 3 rings (SSSR count). The summed E-state index contributed by atoms with van der Waals surface area (Å²) in [6.07, 6.45) is 2.67. The predicted molar refractivity (Wildman–Crippen MR) is 96.7 cm³/mol. The highest BCUT2D eigenvalue weighted by Gasteiger charge is 2.25. The van der Waals surface area contributed by atoms with Crippen LogP contribution in [0.1, 0.15) is 20.8 Å². The molecule has 0 saturated carbocycles. The molecule has 0 bridgehead atoms. The molecule has 1 fully saturated rings. The van der Waals surface area contributed by atoms with Gasteiger partial charge in [-0.3, -0.25) is 4.79 Å². The van der Waals surface area contributed by atoms with E-state index < -0.39 is 5.97 Å². The lowest BCUT2D eigenvalue weighted by Crippen LogP contribution is -2.49. The first-order valence-electron chi connectivity index (χ1n) is 8.35. The average molecular weight is 372 g/mol. The number of rotatable bonds is 5. The minimum Gasteiger partial charge on any atom is -0.497 e. The summed E-state index contributed by atoms with van der Waals surface area (Å²) in [5.41, 5.74) is 0.386. The fourth-order valence-electron chi connectivity index (χ4n) is 2.88. The van der Waals surface area contributed by atoms with Crippen LogP contribution >= 0.6 is 0 Å². The van der Waals surface area contributed by atoms with E-state index in [4.69, 9.17) is 14.6 Å². The molecule has 1 N–H and O–H groups in total. The topological polar surface area (TPSA) is 105 Å². The van der Waals surface area contributed by atoms with Crippen molar-refractivity contribution in [2.75, 3.05) is 45.3 Å². The van der Waals surface area contributed by atoms with Gasteiger partial charge in [-0.2, -0.15) is 0 Å². The van der Waals surface area contributed by atoms with Crippen LogP contribution in [0.4, 0.5) is 5.82 Å². The molecule has 2 aromatic rings. The van der Waals surface area contributed by atoms with Crippen molar-refractivity contribution in [1.29, 1.82) is 0 Å². The summed E-state index contributed by atoms with van der Waals surface area (Å²) in [6, 6.07) is 5.11. The monoisotopic (exact) mass is 372 g/mol. The highest BCUT2D eigenvalue weighted by atomic mass is 16.5. The third-order valence-electron chi connectivity index (χ3n) is 4.39. The maximum Gasteiger partial charge on any atom is 0.356 e. The number of benzene rings is 1. The number of carbonyl (C=O) groups is 2. The van der Waals surface area contributed by atoms with Gasteiger partial charge in [-0.1, -0.05) is 0 Å². The second-order valence-electron chi connectivity index (χ2n) is 5.91. The van der Waals surface area contributed by atoms with Crippen LogP contribution in [-0.2, 0) is 0 Å². The number of aromatic carboxylic acids is 1. The van der Waals surface area contributed by atoms with Crippen molar-refractivity contribution in [2.45, 2.75) is 0 Å². The lowest BCUT2D eigenvalue weighted by molar-refractivity contribution is 0.0688. The third-order valence-corrected chi connectivity index (χ3v) is 4.39. The number of nitrogens with zero attached hydrogens (tertiary/aromatic N) is 4. The summed E-state index contributed by atoms with van der Waals surface area (Å²) >= 11 is 0. The summed E-state index contributed by atoms with van der Waals surface area (Å²) in [6.45, 7) is 2.17. The Bertz CT molecular complexity index is 832. The molecule has 0 spiro atoms. The number of hydrogen-bond donors (Lipinski definition) is 1. The second kappa shape index (κ2) is 7.90. The van der Waals surface area contributed by atoms with Crippen molar-refractivity contribution >= 4 is 17.7 Å². The van der Waals surface area contributed by atoms with Gasteiger partial charge in [0.15, 0.2) is 5.69 Å². The SMILES string of the molecule is COc1ccc(C(=O)N2CCN(c3cnc(C(=O)O)cn3)CC2)c(OC)c1. The van der Waals surface area contributed by atoms with Crippen LogP contribution in [0.25, 0.3) is 0 Å². The van der Waals surface area contributed by atoms with E-state index in [2.05, 4.69) is 9.97 Å². The maximum atomic E-state index is 12.8. The molecule has 0 radical (unpaired) electrons. The molecule has 0 aliphatic carbocycles. The number of amides is 1. The van der Waals surface area contributed by atoms with Gasteiger partial charge >= 0.3 is 5.97 Å². The molecule has 9 heteroatoms. The van der Waals surface area contributed by atoms with E-state index in [0.717, 1.165) is 0 Å². The van der Waals surface area contributed by atoms with Gasteiger partial charge in [0.25, 0.3) is 5.91 Å². The van der Waals surface area contributed by atoms with E-state index in [1.165, 1.54) is 19.5 Å². The molecule has 1 saturated heterocycles. The fraction of sp³-hybridized carbons (Fsp3) is 0.333. The number of ether oxygens (including phenoxy) is 2. The van der Waals surface area contributed by atoms with E-state index in [1.54, 1.807) is 30.2 Å². The molecule has 1 aliphatic heterocycles. The Morgan fingerprint density at radius 2 is 1.78 bits per heavy atom. The van der Waals surface area contributed by atoms with Crippen molar-refractivity contribution < 1.29 is 24.2 Å². The van der Waals surface area contributed by atoms with E-state index in [9.17, 15) is 9.59 Å². The normalized spacial score (nSPS) is 14.0. The summed E-state index contributed by atoms with van der Waals surface area (Å²) in [4.78, 5) is 35.4. The van der Waals surface area contributed by atoms with Gasteiger partial charge in [-0.05, 0) is 12.1 Å². The molecular formula is C18H20N4O5. The second-order valence-corrected chi connectivity index (χ2v) is 5.91. The van der Waals surface area contributed by atoms with Crippen LogP contribution in [0.3, 0.4) is 0 Å². The maximum absolute atomic E-state index is 12.8. The van der Waals surface area contributed by atoms with Crippen molar-refractivity contribution in [3.8, 4) is 11.5 Å². The number of piperazine rings is 1. The molecule has 0 atom stereocenters. The summed E-state index contributed by atoms with van der Waals surface area (Å²) in [5, 5.41) is 8.89. The minimum absolute atomic E-state index is 0.0980. The first kappa shape index (κ1) is 18.4. The van der Waals surface area contributed by atoms with Crippen molar-refractivity contribution in [3.63, 3.8) is 0 Å². The standard InChI is InChI=1S/C18H20N4O5/c1-26-12-3-4-13(15(9-12)27-2)17(23)22-7-5-21(6-8-22)16-11-19-14(10-20-16)18(24)25/h3-4,9-11H,5-8H2,1-2H3,(H,24,25). The first-order chi connectivity index (χ1) is 13.0. The number of anilines is 1. The Morgan fingerprint density at radius 3 is 2.33 bits per heavy atom. The number of methoxy groups -OCH3 is 2. The van der Waals surface area contributed by atoms with Crippen LogP contribution in [0.15, 0.2) is 30.6 Å². The van der Waals surface area contributed by atoms with Gasteiger partial charge in [0.1, 0.15) is 17.3 Å². The molecule has 1 aromatic heterocycles. The predicted octanol–water partition coefficient (Wildman–Crippen LogP) is 1.15. The zero-order valence-electron chi connectivity index (χ0n) is 15.1. The fourth-order valence-corrected chi connectivity index (χ4v) is 2.88. The molecule has 1 aromatic carbocycles. The number of aromatic nitrogens is 2. The van der Waals surface area contributed by atoms with E-state index in [-0.39, 0.29) is 11.6 Å². The molecule has 1 aliphatic rings. The van der Waals surface area contributed by atoms with Gasteiger partial charge in [0.2, 0.25) is 0 Å². The lowest BCUT2D eigenvalue weighted by Gasteiger charge is -2.35. The zero-order chi connectivity index (χ0) is 19.4. The highest BCUT2D eigenvalue weighted by molar-refractivity contribution is 5.97. The van der Waals surface area contributed by atoms with Gasteiger partial charge in [0.05, 0.1) is 32.2 Å². The molecular weight excluding hydrogens is 352 g/mol. The van der Waals surface area contributed by atoms with Crippen LogP contribution in [0, 0.1) is 0 Å². The van der Waals surface area contributed by atoms with Crippen molar-refractivity contribution in [1.82, 2.24) is 14.9 Å². The van der Waals surface area contributed by atoms with E-state index in [1.807, 2.05) is 4.90 Å². The summed E-state index contributed by atoms with van der Waals surface area (Å²) in [5.74, 6) is 0.460. The average Bonchev–Trinajstić information content (AvgIpc) is 2.73. The molecule has 27 heavy (non-hydrogen) atoms. The Balaban J connectivity index is 1.66. The quantitative estimate of drug-likeness (QED) is 0.833. The Labute approximate surface area is 156 Å². The Morgan fingerprint density at radius 1 is 1.04 bits per heavy atom. The Kier molecular flexibility index (Phi) is 5.39. The number of hydrogen-bond acceptors (Lipinski definition) is 7.